The predicted octanol–water partition coefficient (Wildman–Crippen LogP) is 3.58. The number of amides is 1. The van der Waals surface area contributed by atoms with Gasteiger partial charge in [0, 0.05) is 0 Å². The van der Waals surface area contributed by atoms with E-state index < -0.39 is 0 Å². The Morgan fingerprint density at radius 3 is 1.63 bits per heavy atom. The second-order valence-corrected chi connectivity index (χ2v) is 7.03. The Morgan fingerprint density at radius 1 is 0.733 bits per heavy atom. The lowest BCUT2D eigenvalue weighted by molar-refractivity contribution is -0.106. The molecule has 0 fully saturated rings. The summed E-state index contributed by atoms with van der Waals surface area (Å²) in [6, 6.07) is 14.8. The Labute approximate surface area is 177 Å². The van der Waals surface area contributed by atoms with Crippen molar-refractivity contribution in [1.29, 1.82) is 0 Å². The van der Waals surface area contributed by atoms with Crippen molar-refractivity contribution in [3.05, 3.63) is 48.5 Å². The van der Waals surface area contributed by atoms with Gasteiger partial charge in [-0.1, -0.05) is 24.3 Å². The van der Waals surface area contributed by atoms with Crippen molar-refractivity contribution in [2.45, 2.75) is 26.1 Å². The Bertz CT molecular complexity index is 737. The first-order chi connectivity index (χ1) is 14.7. The van der Waals surface area contributed by atoms with E-state index in [0.717, 1.165) is 6.41 Å². The molecule has 3 rings (SSSR count). The third-order valence-corrected chi connectivity index (χ3v) is 4.46. The van der Waals surface area contributed by atoms with Gasteiger partial charge < -0.3 is 23.7 Å². The standard InChI is InChI=1S/C23H29NO6/c1-18-15-27-13-11-26-12-14-28-16-19(2)30-23-10-6-4-8-21(23)24(17-25)20-7-3-5-9-22(20)29-18/h3-10,17-19H,11-16H2,1-2H3/t18-,19-/m1/s1. The average Bonchev–Trinajstić information content (AvgIpc) is 2.75. The number of carbonyl (C=O) groups is 1. The fourth-order valence-corrected chi connectivity index (χ4v) is 3.09. The van der Waals surface area contributed by atoms with Gasteiger partial charge in [0.25, 0.3) is 0 Å². The molecule has 1 aliphatic rings. The molecule has 2 aromatic rings. The van der Waals surface area contributed by atoms with Gasteiger partial charge in [-0.2, -0.15) is 0 Å². The topological polar surface area (TPSA) is 66.5 Å². The first-order valence-electron chi connectivity index (χ1n) is 10.2. The van der Waals surface area contributed by atoms with Gasteiger partial charge in [-0.05, 0) is 38.1 Å². The normalized spacial score (nSPS) is 21.7. The molecule has 30 heavy (non-hydrogen) atoms. The number of fused-ring (bicyclic) bond motifs is 2. The molecule has 0 aliphatic carbocycles. The van der Waals surface area contributed by atoms with Crippen molar-refractivity contribution < 1.29 is 28.5 Å². The first kappa shape index (κ1) is 22.1. The number of benzene rings is 2. The maximum atomic E-state index is 12.1. The molecule has 1 aliphatic heterocycles. The van der Waals surface area contributed by atoms with Crippen molar-refractivity contribution in [3.8, 4) is 11.5 Å². The van der Waals surface area contributed by atoms with Crippen LogP contribution in [0.2, 0.25) is 0 Å². The number of anilines is 2. The van der Waals surface area contributed by atoms with E-state index in [0.29, 0.717) is 62.5 Å². The minimum absolute atomic E-state index is 0.201. The lowest BCUT2D eigenvalue weighted by atomic mass is 10.2. The van der Waals surface area contributed by atoms with Gasteiger partial charge in [0.1, 0.15) is 23.7 Å². The van der Waals surface area contributed by atoms with Crippen molar-refractivity contribution in [2.75, 3.05) is 44.5 Å². The highest BCUT2D eigenvalue weighted by atomic mass is 16.6. The number of para-hydroxylation sites is 4. The predicted molar refractivity (Wildman–Crippen MR) is 114 cm³/mol. The minimum Gasteiger partial charge on any atom is -0.486 e. The van der Waals surface area contributed by atoms with E-state index in [1.165, 1.54) is 4.90 Å². The van der Waals surface area contributed by atoms with Crippen LogP contribution in [-0.4, -0.2) is 58.3 Å². The highest BCUT2D eigenvalue weighted by molar-refractivity contribution is 5.91. The molecular weight excluding hydrogens is 386 g/mol. The van der Waals surface area contributed by atoms with Crippen molar-refractivity contribution >= 4 is 17.8 Å². The Kier molecular flexibility index (Phi) is 8.50. The molecule has 1 heterocycles. The molecule has 2 aromatic carbocycles. The fraction of sp³-hybridized carbons (Fsp3) is 0.435. The quantitative estimate of drug-likeness (QED) is 0.664. The zero-order valence-corrected chi connectivity index (χ0v) is 17.5. The first-order valence-corrected chi connectivity index (χ1v) is 10.2. The third-order valence-electron chi connectivity index (χ3n) is 4.46. The summed E-state index contributed by atoms with van der Waals surface area (Å²) in [5.41, 5.74) is 1.26. The number of hydrogen-bond donors (Lipinski definition) is 0. The van der Waals surface area contributed by atoms with Gasteiger partial charge in [0.2, 0.25) is 6.41 Å². The Hall–Kier alpha value is -2.61. The van der Waals surface area contributed by atoms with Crippen LogP contribution in [0.1, 0.15) is 13.8 Å². The number of hydrogen-bond acceptors (Lipinski definition) is 6. The molecule has 0 saturated carbocycles. The van der Waals surface area contributed by atoms with E-state index in [2.05, 4.69) is 0 Å². The van der Waals surface area contributed by atoms with E-state index in [-0.39, 0.29) is 12.2 Å². The van der Waals surface area contributed by atoms with Gasteiger partial charge in [-0.3, -0.25) is 9.69 Å². The molecule has 0 radical (unpaired) electrons. The van der Waals surface area contributed by atoms with Crippen LogP contribution in [0.3, 0.4) is 0 Å². The summed E-state index contributed by atoms with van der Waals surface area (Å²) in [5, 5.41) is 0. The number of rotatable bonds is 1. The Morgan fingerprint density at radius 2 is 1.17 bits per heavy atom. The van der Waals surface area contributed by atoms with E-state index in [1.54, 1.807) is 0 Å². The highest BCUT2D eigenvalue weighted by Gasteiger charge is 2.20. The fourth-order valence-electron chi connectivity index (χ4n) is 3.09. The van der Waals surface area contributed by atoms with Crippen LogP contribution in [-0.2, 0) is 19.0 Å². The van der Waals surface area contributed by atoms with E-state index >= 15 is 0 Å². The molecule has 162 valence electrons. The summed E-state index contributed by atoms with van der Waals surface area (Å²) in [7, 11) is 0. The zero-order chi connectivity index (χ0) is 21.2. The highest BCUT2D eigenvalue weighted by Crippen LogP contribution is 2.38. The second kappa shape index (κ2) is 11.5. The monoisotopic (exact) mass is 415 g/mol. The van der Waals surface area contributed by atoms with Crippen LogP contribution >= 0.6 is 0 Å². The van der Waals surface area contributed by atoms with Gasteiger partial charge in [-0.25, -0.2) is 0 Å². The van der Waals surface area contributed by atoms with Crippen molar-refractivity contribution in [2.24, 2.45) is 0 Å². The number of carbonyl (C=O) groups excluding carboxylic acids is 1. The molecular formula is C23H29NO6. The molecule has 7 heteroatoms. The summed E-state index contributed by atoms with van der Waals surface area (Å²) in [6.45, 7) is 6.60. The molecule has 2 atom stereocenters. The largest absolute Gasteiger partial charge is 0.486 e. The van der Waals surface area contributed by atoms with Crippen LogP contribution in [0.25, 0.3) is 0 Å². The zero-order valence-electron chi connectivity index (χ0n) is 17.5. The van der Waals surface area contributed by atoms with Gasteiger partial charge in [0.05, 0.1) is 51.0 Å². The van der Waals surface area contributed by atoms with E-state index in [4.69, 9.17) is 23.7 Å². The summed E-state index contributed by atoms with van der Waals surface area (Å²) in [5.74, 6) is 1.17. The Balaban J connectivity index is 1.91. The van der Waals surface area contributed by atoms with Crippen LogP contribution in [0.15, 0.2) is 48.5 Å². The van der Waals surface area contributed by atoms with Gasteiger partial charge in [-0.15, -0.1) is 0 Å². The third kappa shape index (κ3) is 6.19. The van der Waals surface area contributed by atoms with Gasteiger partial charge in [0.15, 0.2) is 0 Å². The molecule has 0 aromatic heterocycles. The van der Waals surface area contributed by atoms with Crippen molar-refractivity contribution in [1.82, 2.24) is 0 Å². The van der Waals surface area contributed by atoms with Crippen molar-refractivity contribution in [3.63, 3.8) is 0 Å². The SMILES string of the molecule is C[C@@H]1COCCOCCOC[C@@H](C)Oc2ccccc2N(C=O)c2ccccc2O1. The minimum atomic E-state index is -0.201. The van der Waals surface area contributed by atoms with E-state index in [1.807, 2.05) is 62.4 Å². The molecule has 0 bridgehead atoms. The maximum Gasteiger partial charge on any atom is 0.218 e. The van der Waals surface area contributed by atoms with Crippen LogP contribution in [0.4, 0.5) is 11.4 Å². The second-order valence-electron chi connectivity index (χ2n) is 7.03. The summed E-state index contributed by atoms with van der Waals surface area (Å²) >= 11 is 0. The van der Waals surface area contributed by atoms with Crippen LogP contribution in [0.5, 0.6) is 11.5 Å². The molecule has 0 saturated heterocycles. The van der Waals surface area contributed by atoms with E-state index in [9.17, 15) is 4.79 Å². The summed E-state index contributed by atoms with van der Waals surface area (Å²) < 4.78 is 29.0. The maximum absolute atomic E-state index is 12.1. The van der Waals surface area contributed by atoms with Gasteiger partial charge >= 0.3 is 0 Å². The number of nitrogens with zero attached hydrogens (tertiary/aromatic N) is 1. The average molecular weight is 415 g/mol. The summed E-state index contributed by atoms with van der Waals surface area (Å²) in [4.78, 5) is 13.7. The molecule has 0 N–H and O–H groups in total. The smallest absolute Gasteiger partial charge is 0.218 e. The molecule has 0 unspecified atom stereocenters. The molecule has 0 spiro atoms. The lowest BCUT2D eigenvalue weighted by Crippen LogP contribution is -2.25. The summed E-state index contributed by atoms with van der Waals surface area (Å²) in [6.07, 6.45) is 0.365. The van der Waals surface area contributed by atoms with Crippen LogP contribution < -0.4 is 14.4 Å². The lowest BCUT2D eigenvalue weighted by Gasteiger charge is -2.26. The number of ether oxygens (including phenoxy) is 5. The molecule has 1 amide bonds. The molecule has 7 nitrogen and oxygen atoms in total. The van der Waals surface area contributed by atoms with Crippen LogP contribution in [0, 0.1) is 0 Å².